The number of carboxylic acids is 1. The molecular weight excluding hydrogens is 212 g/mol. The maximum Gasteiger partial charge on any atom is 0.309 e. The lowest BCUT2D eigenvalue weighted by atomic mass is 9.85. The molecule has 0 saturated heterocycles. The number of carboxylic acid groups (broad SMARTS) is 1. The van der Waals surface area contributed by atoms with E-state index in [0.717, 1.165) is 12.0 Å². The summed E-state index contributed by atoms with van der Waals surface area (Å²) in [6.07, 6.45) is 1.70. The quantitative estimate of drug-likeness (QED) is 0.840. The van der Waals surface area contributed by atoms with Gasteiger partial charge in [-0.25, -0.2) is 0 Å². The van der Waals surface area contributed by atoms with Crippen molar-refractivity contribution in [3.8, 4) is 0 Å². The molecule has 1 unspecified atom stereocenters. The second-order valence-corrected chi connectivity index (χ2v) is 5.42. The minimum Gasteiger partial charge on any atom is -0.481 e. The van der Waals surface area contributed by atoms with Gasteiger partial charge in [0, 0.05) is 0 Å². The van der Waals surface area contributed by atoms with Crippen LogP contribution in [0.4, 0.5) is 0 Å². The van der Waals surface area contributed by atoms with E-state index in [2.05, 4.69) is 26.0 Å². The molecule has 0 aliphatic rings. The van der Waals surface area contributed by atoms with E-state index in [0.29, 0.717) is 12.3 Å². The van der Waals surface area contributed by atoms with Crippen molar-refractivity contribution in [3.63, 3.8) is 0 Å². The summed E-state index contributed by atoms with van der Waals surface area (Å²) in [5.74, 6) is -0.181. The third kappa shape index (κ3) is 3.58. The SMILES string of the molecule is CCC(C)c1ccc(CC(C)(C)C(=O)O)cc1. The molecule has 0 saturated carbocycles. The van der Waals surface area contributed by atoms with Gasteiger partial charge in [0.2, 0.25) is 0 Å². The van der Waals surface area contributed by atoms with Crippen LogP contribution < -0.4 is 0 Å². The number of hydrogen-bond acceptors (Lipinski definition) is 1. The van der Waals surface area contributed by atoms with Gasteiger partial charge < -0.3 is 5.11 Å². The lowest BCUT2D eigenvalue weighted by molar-refractivity contribution is -0.146. The van der Waals surface area contributed by atoms with Gasteiger partial charge >= 0.3 is 5.97 Å². The maximum atomic E-state index is 11.0. The van der Waals surface area contributed by atoms with Crippen molar-refractivity contribution in [1.82, 2.24) is 0 Å². The van der Waals surface area contributed by atoms with Crippen molar-refractivity contribution >= 4 is 5.97 Å². The van der Waals surface area contributed by atoms with Gasteiger partial charge in [0.05, 0.1) is 5.41 Å². The first-order chi connectivity index (χ1) is 7.86. The van der Waals surface area contributed by atoms with Crippen molar-refractivity contribution in [2.24, 2.45) is 5.41 Å². The number of benzene rings is 1. The molecule has 17 heavy (non-hydrogen) atoms. The largest absolute Gasteiger partial charge is 0.481 e. The molecule has 0 radical (unpaired) electrons. The summed E-state index contributed by atoms with van der Waals surface area (Å²) < 4.78 is 0. The van der Waals surface area contributed by atoms with Crippen molar-refractivity contribution < 1.29 is 9.90 Å². The van der Waals surface area contributed by atoms with Crippen LogP contribution in [0, 0.1) is 5.41 Å². The summed E-state index contributed by atoms with van der Waals surface area (Å²) in [4.78, 5) is 11.0. The first-order valence-corrected chi connectivity index (χ1v) is 6.19. The summed E-state index contributed by atoms with van der Waals surface area (Å²) in [7, 11) is 0. The summed E-state index contributed by atoms with van der Waals surface area (Å²) in [6, 6.07) is 8.32. The van der Waals surface area contributed by atoms with Gasteiger partial charge in [0.25, 0.3) is 0 Å². The van der Waals surface area contributed by atoms with Gasteiger partial charge in [-0.15, -0.1) is 0 Å². The fraction of sp³-hybridized carbons (Fsp3) is 0.533. The Morgan fingerprint density at radius 1 is 1.29 bits per heavy atom. The third-order valence-corrected chi connectivity index (χ3v) is 3.39. The highest BCUT2D eigenvalue weighted by Gasteiger charge is 2.27. The van der Waals surface area contributed by atoms with E-state index >= 15 is 0 Å². The van der Waals surface area contributed by atoms with Crippen molar-refractivity contribution in [1.29, 1.82) is 0 Å². The molecule has 2 nitrogen and oxygen atoms in total. The molecule has 1 rings (SSSR count). The maximum absolute atomic E-state index is 11.0. The molecule has 2 heteroatoms. The molecule has 1 aromatic rings. The average Bonchev–Trinajstić information content (AvgIpc) is 2.28. The third-order valence-electron chi connectivity index (χ3n) is 3.39. The van der Waals surface area contributed by atoms with E-state index in [9.17, 15) is 4.79 Å². The van der Waals surface area contributed by atoms with Crippen LogP contribution in [-0.2, 0) is 11.2 Å². The molecule has 1 aromatic carbocycles. The fourth-order valence-corrected chi connectivity index (χ4v) is 1.79. The Hall–Kier alpha value is -1.31. The van der Waals surface area contributed by atoms with E-state index in [1.165, 1.54) is 5.56 Å². The zero-order valence-electron chi connectivity index (χ0n) is 11.2. The molecular formula is C15H22O2. The normalized spacial score (nSPS) is 13.4. The lowest BCUT2D eigenvalue weighted by Gasteiger charge is -2.19. The van der Waals surface area contributed by atoms with Crippen molar-refractivity contribution in [2.75, 3.05) is 0 Å². The molecule has 0 heterocycles. The Morgan fingerprint density at radius 2 is 1.82 bits per heavy atom. The van der Waals surface area contributed by atoms with Crippen LogP contribution in [-0.4, -0.2) is 11.1 Å². The average molecular weight is 234 g/mol. The highest BCUT2D eigenvalue weighted by molar-refractivity contribution is 5.74. The summed E-state index contributed by atoms with van der Waals surface area (Å²) in [5.41, 5.74) is 1.71. The van der Waals surface area contributed by atoms with Crippen LogP contribution in [0.25, 0.3) is 0 Å². The minimum absolute atomic E-state index is 0.566. The van der Waals surface area contributed by atoms with Crippen LogP contribution in [0.2, 0.25) is 0 Å². The van der Waals surface area contributed by atoms with Gasteiger partial charge in [-0.3, -0.25) is 4.79 Å². The zero-order valence-corrected chi connectivity index (χ0v) is 11.2. The highest BCUT2D eigenvalue weighted by atomic mass is 16.4. The van der Waals surface area contributed by atoms with Gasteiger partial charge in [-0.2, -0.15) is 0 Å². The van der Waals surface area contributed by atoms with Crippen LogP contribution >= 0.6 is 0 Å². The Morgan fingerprint density at radius 3 is 2.24 bits per heavy atom. The van der Waals surface area contributed by atoms with Crippen molar-refractivity contribution in [2.45, 2.75) is 46.5 Å². The predicted molar refractivity (Wildman–Crippen MR) is 70.3 cm³/mol. The van der Waals surface area contributed by atoms with E-state index in [-0.39, 0.29) is 0 Å². The molecule has 1 N–H and O–H groups in total. The Balaban J connectivity index is 2.79. The summed E-state index contributed by atoms with van der Waals surface area (Å²) in [6.45, 7) is 7.90. The molecule has 94 valence electrons. The lowest BCUT2D eigenvalue weighted by Crippen LogP contribution is -2.26. The van der Waals surface area contributed by atoms with Gasteiger partial charge in [0.15, 0.2) is 0 Å². The summed E-state index contributed by atoms with van der Waals surface area (Å²) in [5, 5.41) is 9.08. The Labute approximate surface area is 104 Å². The number of aliphatic carboxylic acids is 1. The fourth-order valence-electron chi connectivity index (χ4n) is 1.79. The number of hydrogen-bond donors (Lipinski definition) is 1. The van der Waals surface area contributed by atoms with E-state index < -0.39 is 11.4 Å². The second kappa shape index (κ2) is 5.35. The van der Waals surface area contributed by atoms with Gasteiger partial charge in [0.1, 0.15) is 0 Å². The molecule has 0 amide bonds. The van der Waals surface area contributed by atoms with Crippen LogP contribution in [0.15, 0.2) is 24.3 Å². The standard InChI is InChI=1S/C15H22O2/c1-5-11(2)13-8-6-12(7-9-13)10-15(3,4)14(16)17/h6-9,11H,5,10H2,1-4H3,(H,16,17). The second-order valence-electron chi connectivity index (χ2n) is 5.42. The molecule has 0 spiro atoms. The minimum atomic E-state index is -0.747. The van der Waals surface area contributed by atoms with Crippen LogP contribution in [0.5, 0.6) is 0 Å². The molecule has 0 aromatic heterocycles. The molecule has 0 fully saturated rings. The topological polar surface area (TPSA) is 37.3 Å². The monoisotopic (exact) mass is 234 g/mol. The first kappa shape index (κ1) is 13.8. The predicted octanol–water partition coefficient (Wildman–Crippen LogP) is 3.85. The number of carbonyl (C=O) groups is 1. The molecule has 0 aliphatic carbocycles. The van der Waals surface area contributed by atoms with Crippen LogP contribution in [0.1, 0.15) is 51.2 Å². The van der Waals surface area contributed by atoms with E-state index in [1.807, 2.05) is 12.1 Å². The Bertz CT molecular complexity index is 376. The molecule has 0 bridgehead atoms. The zero-order chi connectivity index (χ0) is 13.1. The number of rotatable bonds is 5. The highest BCUT2D eigenvalue weighted by Crippen LogP contribution is 2.24. The summed E-state index contributed by atoms with van der Waals surface area (Å²) >= 11 is 0. The first-order valence-electron chi connectivity index (χ1n) is 6.19. The van der Waals surface area contributed by atoms with Gasteiger partial charge in [-0.1, -0.05) is 38.1 Å². The Kier molecular flexibility index (Phi) is 4.33. The molecule has 1 atom stereocenters. The van der Waals surface area contributed by atoms with E-state index in [4.69, 9.17) is 5.11 Å². The van der Waals surface area contributed by atoms with Crippen LogP contribution in [0.3, 0.4) is 0 Å². The van der Waals surface area contributed by atoms with Gasteiger partial charge in [-0.05, 0) is 43.7 Å². The molecule has 0 aliphatic heterocycles. The smallest absolute Gasteiger partial charge is 0.309 e. The van der Waals surface area contributed by atoms with E-state index in [1.54, 1.807) is 13.8 Å². The van der Waals surface area contributed by atoms with Crippen molar-refractivity contribution in [3.05, 3.63) is 35.4 Å².